The first-order chi connectivity index (χ1) is 17.3. The van der Waals surface area contributed by atoms with Crippen LogP contribution in [0.4, 0.5) is 14.4 Å². The number of anilines is 1. The molecular formula is C24H21FN6O4S. The quantitative estimate of drug-likeness (QED) is 0.295. The number of nitro groups is 1. The van der Waals surface area contributed by atoms with E-state index in [2.05, 4.69) is 15.4 Å². The molecule has 4 aromatic rings. The van der Waals surface area contributed by atoms with Gasteiger partial charge in [0, 0.05) is 36.0 Å². The maximum Gasteiger partial charge on any atom is 0.326 e. The first-order valence-corrected chi connectivity index (χ1v) is 11.9. The van der Waals surface area contributed by atoms with Crippen molar-refractivity contribution in [3.8, 4) is 0 Å². The largest absolute Gasteiger partial charge is 0.357 e. The molecule has 1 atom stereocenters. The molecule has 0 fully saturated rings. The lowest BCUT2D eigenvalue weighted by atomic mass is 9.95. The molecule has 0 saturated heterocycles. The van der Waals surface area contributed by atoms with Gasteiger partial charge < -0.3 is 15.2 Å². The number of halogens is 1. The third kappa shape index (κ3) is 4.50. The Morgan fingerprint density at radius 1 is 1.25 bits per heavy atom. The molecule has 2 amide bonds. The van der Waals surface area contributed by atoms with E-state index in [9.17, 15) is 24.1 Å². The molecule has 12 heteroatoms. The lowest BCUT2D eigenvalue weighted by Crippen LogP contribution is -2.38. The van der Waals surface area contributed by atoms with Gasteiger partial charge in [-0.25, -0.2) is 4.39 Å². The van der Waals surface area contributed by atoms with Gasteiger partial charge in [-0.1, -0.05) is 19.1 Å². The van der Waals surface area contributed by atoms with E-state index < -0.39 is 10.8 Å². The van der Waals surface area contributed by atoms with Gasteiger partial charge in [-0.2, -0.15) is 5.10 Å². The second kappa shape index (κ2) is 9.38. The average molecular weight is 509 g/mol. The summed E-state index contributed by atoms with van der Waals surface area (Å²) in [5.74, 6) is -1.20. The monoisotopic (exact) mass is 508 g/mol. The summed E-state index contributed by atoms with van der Waals surface area (Å²) in [4.78, 5) is 41.4. The Morgan fingerprint density at radius 2 is 2.03 bits per heavy atom. The summed E-state index contributed by atoms with van der Waals surface area (Å²) in [6.07, 6.45) is 1.67. The average Bonchev–Trinajstić information content (AvgIpc) is 3.60. The van der Waals surface area contributed by atoms with Crippen molar-refractivity contribution in [2.75, 3.05) is 11.9 Å². The van der Waals surface area contributed by atoms with Crippen LogP contribution in [0.1, 0.15) is 50.6 Å². The van der Waals surface area contributed by atoms with Crippen molar-refractivity contribution in [3.63, 3.8) is 0 Å². The molecule has 4 heterocycles. The smallest absolute Gasteiger partial charge is 0.326 e. The van der Waals surface area contributed by atoms with Gasteiger partial charge in [0.2, 0.25) is 0 Å². The fourth-order valence-electron chi connectivity index (χ4n) is 4.41. The van der Waals surface area contributed by atoms with E-state index >= 15 is 0 Å². The van der Waals surface area contributed by atoms with Crippen LogP contribution in [0.3, 0.4) is 0 Å². The van der Waals surface area contributed by atoms with Gasteiger partial charge >= 0.3 is 5.00 Å². The lowest BCUT2D eigenvalue weighted by molar-refractivity contribution is -0.380. The van der Waals surface area contributed by atoms with Gasteiger partial charge in [-0.15, -0.1) is 0 Å². The van der Waals surface area contributed by atoms with Gasteiger partial charge in [0.25, 0.3) is 11.8 Å². The van der Waals surface area contributed by atoms with Crippen LogP contribution in [0.5, 0.6) is 0 Å². The van der Waals surface area contributed by atoms with Crippen LogP contribution >= 0.6 is 11.3 Å². The lowest BCUT2D eigenvalue weighted by Gasteiger charge is -2.32. The van der Waals surface area contributed by atoms with E-state index in [0.717, 1.165) is 22.6 Å². The van der Waals surface area contributed by atoms with Crippen LogP contribution in [-0.4, -0.2) is 42.9 Å². The zero-order valence-electron chi connectivity index (χ0n) is 19.1. The molecule has 0 bridgehead atoms. The Hall–Kier alpha value is -4.32. The molecule has 1 unspecified atom stereocenters. The number of nitrogens with one attached hydrogen (secondary N) is 2. The van der Waals surface area contributed by atoms with Crippen molar-refractivity contribution in [1.82, 2.24) is 19.7 Å². The standard InChI is InChI=1S/C24H21FN6O4S/c1-14-11-29(24(33)18-3-2-10-26-18)13-17-21(23(32)27-19-8-9-20(36-19)31(34)35)28-30(22(14)17)12-15-4-6-16(25)7-5-15/h2-10,14,26H,11-13H2,1H3,(H,27,32). The Kier molecular flexibility index (Phi) is 6.10. The second-order valence-electron chi connectivity index (χ2n) is 8.52. The first-order valence-electron chi connectivity index (χ1n) is 11.1. The summed E-state index contributed by atoms with van der Waals surface area (Å²) in [5, 5.41) is 18.5. The zero-order valence-corrected chi connectivity index (χ0v) is 19.9. The van der Waals surface area contributed by atoms with Gasteiger partial charge in [-0.05, 0) is 47.2 Å². The maximum atomic E-state index is 13.4. The van der Waals surface area contributed by atoms with Crippen LogP contribution in [0, 0.1) is 15.9 Å². The number of carbonyl (C=O) groups excluding carboxylic acids is 2. The Labute approximate surface area is 208 Å². The number of hydrogen-bond acceptors (Lipinski definition) is 6. The molecule has 10 nitrogen and oxygen atoms in total. The SMILES string of the molecule is CC1CN(C(=O)c2ccc[nH]2)Cc2c(C(=O)Nc3ccc([N+](=O)[O-])s3)nn(Cc3ccc(F)cc3)c21. The summed E-state index contributed by atoms with van der Waals surface area (Å²) in [5.41, 5.74) is 2.82. The van der Waals surface area contributed by atoms with Gasteiger partial charge in [0.05, 0.1) is 18.0 Å². The van der Waals surface area contributed by atoms with Crippen LogP contribution in [0.25, 0.3) is 0 Å². The summed E-state index contributed by atoms with van der Waals surface area (Å²) in [6, 6.07) is 12.3. The molecule has 1 aliphatic rings. The number of carbonyl (C=O) groups is 2. The zero-order chi connectivity index (χ0) is 25.4. The number of aromatic nitrogens is 3. The molecule has 0 radical (unpaired) electrons. The Bertz CT molecular complexity index is 1440. The third-order valence-electron chi connectivity index (χ3n) is 5.99. The minimum Gasteiger partial charge on any atom is -0.357 e. The molecule has 1 aliphatic heterocycles. The van der Waals surface area contributed by atoms with Crippen LogP contribution in [0.15, 0.2) is 54.7 Å². The Morgan fingerprint density at radius 3 is 2.69 bits per heavy atom. The minimum absolute atomic E-state index is 0.0921. The van der Waals surface area contributed by atoms with Crippen molar-refractivity contribution in [3.05, 3.63) is 98.9 Å². The van der Waals surface area contributed by atoms with Gasteiger partial charge in [0.15, 0.2) is 5.69 Å². The molecule has 0 aliphatic carbocycles. The van der Waals surface area contributed by atoms with Crippen molar-refractivity contribution in [2.45, 2.75) is 25.9 Å². The predicted octanol–water partition coefficient (Wildman–Crippen LogP) is 4.38. The predicted molar refractivity (Wildman–Crippen MR) is 131 cm³/mol. The van der Waals surface area contributed by atoms with Crippen molar-refractivity contribution >= 4 is 33.2 Å². The normalized spacial score (nSPS) is 14.9. The molecule has 2 N–H and O–H groups in total. The number of fused-ring (bicyclic) bond motifs is 1. The van der Waals surface area contributed by atoms with Crippen LogP contribution in [-0.2, 0) is 13.1 Å². The van der Waals surface area contributed by atoms with Crippen molar-refractivity contribution in [1.29, 1.82) is 0 Å². The highest BCUT2D eigenvalue weighted by molar-refractivity contribution is 7.19. The van der Waals surface area contributed by atoms with E-state index in [0.29, 0.717) is 29.3 Å². The van der Waals surface area contributed by atoms with E-state index in [1.54, 1.807) is 40.0 Å². The number of benzene rings is 1. The van der Waals surface area contributed by atoms with E-state index in [4.69, 9.17) is 0 Å². The fourth-order valence-corrected chi connectivity index (χ4v) is 5.13. The fraction of sp³-hybridized carbons (Fsp3) is 0.208. The summed E-state index contributed by atoms with van der Waals surface area (Å²) >= 11 is 0.847. The number of hydrogen-bond donors (Lipinski definition) is 2. The molecular weight excluding hydrogens is 487 g/mol. The third-order valence-corrected chi connectivity index (χ3v) is 6.94. The molecule has 3 aromatic heterocycles. The molecule has 184 valence electrons. The highest BCUT2D eigenvalue weighted by Crippen LogP contribution is 2.33. The highest BCUT2D eigenvalue weighted by atomic mass is 32.1. The van der Waals surface area contributed by atoms with E-state index in [1.165, 1.54) is 24.3 Å². The molecule has 5 rings (SSSR count). The van der Waals surface area contributed by atoms with Crippen molar-refractivity contribution < 1.29 is 18.9 Å². The minimum atomic E-state index is -0.526. The van der Waals surface area contributed by atoms with Crippen molar-refractivity contribution in [2.24, 2.45) is 0 Å². The number of amides is 2. The van der Waals surface area contributed by atoms with Crippen LogP contribution < -0.4 is 5.32 Å². The molecule has 36 heavy (non-hydrogen) atoms. The number of nitrogens with zero attached hydrogens (tertiary/aromatic N) is 4. The van der Waals surface area contributed by atoms with Crippen LogP contribution in [0.2, 0.25) is 0 Å². The number of aromatic amines is 1. The maximum absolute atomic E-state index is 13.4. The number of rotatable bonds is 6. The summed E-state index contributed by atoms with van der Waals surface area (Å²) in [7, 11) is 0. The summed E-state index contributed by atoms with van der Waals surface area (Å²) in [6.45, 7) is 2.88. The van der Waals surface area contributed by atoms with E-state index in [1.807, 2.05) is 6.92 Å². The first kappa shape index (κ1) is 23.4. The highest BCUT2D eigenvalue weighted by Gasteiger charge is 2.34. The number of thiophene rings is 1. The van der Waals surface area contributed by atoms with Gasteiger partial charge in [-0.3, -0.25) is 24.4 Å². The molecule has 0 saturated carbocycles. The topological polar surface area (TPSA) is 126 Å². The Balaban J connectivity index is 1.50. The molecule has 1 aromatic carbocycles. The van der Waals surface area contributed by atoms with E-state index in [-0.39, 0.29) is 34.9 Å². The van der Waals surface area contributed by atoms with Gasteiger partial charge in [0.1, 0.15) is 16.5 Å². The summed E-state index contributed by atoms with van der Waals surface area (Å²) < 4.78 is 15.1. The molecule has 0 spiro atoms. The second-order valence-corrected chi connectivity index (χ2v) is 9.58. The number of H-pyrrole nitrogens is 1.